The smallest absolute Gasteiger partial charge is 0.154 e. The summed E-state index contributed by atoms with van der Waals surface area (Å²) in [7, 11) is 0. The van der Waals surface area contributed by atoms with Crippen LogP contribution in [0.15, 0.2) is 36.4 Å². The van der Waals surface area contributed by atoms with E-state index in [0.717, 1.165) is 24.2 Å². The Balaban J connectivity index is 1.99. The van der Waals surface area contributed by atoms with Crippen LogP contribution in [0, 0.1) is 6.92 Å². The number of nitrogens with zero attached hydrogens (tertiary/aromatic N) is 1. The number of benzene rings is 1. The van der Waals surface area contributed by atoms with Crippen molar-refractivity contribution in [3.05, 3.63) is 57.8 Å². The Morgan fingerprint density at radius 3 is 2.56 bits per heavy atom. The molecule has 1 heterocycles. The molecule has 2 aromatic rings. The predicted octanol–water partition coefficient (Wildman–Crippen LogP) is 4.35. The van der Waals surface area contributed by atoms with Gasteiger partial charge in [0.15, 0.2) is 5.15 Å². The Morgan fingerprint density at radius 2 is 1.89 bits per heavy atom. The molecule has 1 aromatic heterocycles. The minimum Gasteiger partial charge on any atom is -0.382 e. The highest BCUT2D eigenvalue weighted by Crippen LogP contribution is 2.26. The fourth-order valence-electron chi connectivity index (χ4n) is 1.78. The maximum atomic E-state index is 6.06. The quantitative estimate of drug-likeness (QED) is 0.843. The van der Waals surface area contributed by atoms with Gasteiger partial charge in [-0.1, -0.05) is 53.5 Å². The lowest BCUT2D eigenvalue weighted by Gasteiger charge is -2.11. The molecule has 0 fully saturated rings. The van der Waals surface area contributed by atoms with E-state index in [1.807, 2.05) is 25.1 Å². The molecule has 0 amide bonds. The summed E-state index contributed by atoms with van der Waals surface area (Å²) >= 11 is 11.9. The van der Waals surface area contributed by atoms with Gasteiger partial charge in [0.1, 0.15) is 5.15 Å². The Labute approximate surface area is 117 Å². The van der Waals surface area contributed by atoms with Crippen LogP contribution in [-0.2, 0) is 6.42 Å². The van der Waals surface area contributed by atoms with Crippen molar-refractivity contribution in [3.8, 4) is 0 Å². The van der Waals surface area contributed by atoms with Gasteiger partial charge < -0.3 is 5.32 Å². The lowest BCUT2D eigenvalue weighted by molar-refractivity contribution is 1.01. The average Bonchev–Trinajstić information content (AvgIpc) is 2.34. The third kappa shape index (κ3) is 3.37. The molecule has 0 saturated carbocycles. The first-order chi connectivity index (χ1) is 8.66. The highest BCUT2D eigenvalue weighted by molar-refractivity contribution is 6.34. The molecule has 0 saturated heterocycles. The van der Waals surface area contributed by atoms with Gasteiger partial charge in [-0.05, 0) is 30.5 Å². The lowest BCUT2D eigenvalue weighted by atomic mass is 10.1. The largest absolute Gasteiger partial charge is 0.382 e. The van der Waals surface area contributed by atoms with E-state index >= 15 is 0 Å². The SMILES string of the molecule is Cc1cc(Cl)nc(Cl)c1NCCc1ccccc1. The Kier molecular flexibility index (Phi) is 4.45. The third-order valence-corrected chi connectivity index (χ3v) is 3.17. The molecule has 94 valence electrons. The van der Waals surface area contributed by atoms with Crippen molar-refractivity contribution in [2.24, 2.45) is 0 Å². The second kappa shape index (κ2) is 6.07. The minimum absolute atomic E-state index is 0.422. The second-order valence-corrected chi connectivity index (χ2v) is 4.84. The van der Waals surface area contributed by atoms with Gasteiger partial charge in [-0.3, -0.25) is 0 Å². The summed E-state index contributed by atoms with van der Waals surface area (Å²) < 4.78 is 0. The Bertz CT molecular complexity index is 504. The Morgan fingerprint density at radius 1 is 1.17 bits per heavy atom. The molecular weight excluding hydrogens is 267 g/mol. The zero-order valence-electron chi connectivity index (χ0n) is 10.1. The summed E-state index contributed by atoms with van der Waals surface area (Å²) in [5.41, 5.74) is 3.16. The first-order valence-electron chi connectivity index (χ1n) is 5.77. The summed E-state index contributed by atoms with van der Waals surface area (Å²) in [4.78, 5) is 4.03. The van der Waals surface area contributed by atoms with Gasteiger partial charge >= 0.3 is 0 Å². The van der Waals surface area contributed by atoms with E-state index in [0.29, 0.717) is 10.3 Å². The van der Waals surface area contributed by atoms with Gasteiger partial charge in [-0.2, -0.15) is 0 Å². The summed E-state index contributed by atoms with van der Waals surface area (Å²) in [6.07, 6.45) is 0.944. The van der Waals surface area contributed by atoms with Crippen molar-refractivity contribution in [1.29, 1.82) is 0 Å². The predicted molar refractivity (Wildman–Crippen MR) is 77.6 cm³/mol. The summed E-state index contributed by atoms with van der Waals surface area (Å²) in [6.45, 7) is 2.78. The zero-order chi connectivity index (χ0) is 13.0. The highest BCUT2D eigenvalue weighted by Gasteiger charge is 2.06. The van der Waals surface area contributed by atoms with Crippen LogP contribution in [0.5, 0.6) is 0 Å². The highest BCUT2D eigenvalue weighted by atomic mass is 35.5. The molecule has 0 bridgehead atoms. The fraction of sp³-hybridized carbons (Fsp3) is 0.214. The van der Waals surface area contributed by atoms with Gasteiger partial charge in [-0.15, -0.1) is 0 Å². The number of halogens is 2. The molecule has 2 nitrogen and oxygen atoms in total. The number of hydrogen-bond acceptors (Lipinski definition) is 2. The molecule has 1 aromatic carbocycles. The van der Waals surface area contributed by atoms with Crippen molar-refractivity contribution >= 4 is 28.9 Å². The van der Waals surface area contributed by atoms with Crippen LogP contribution >= 0.6 is 23.2 Å². The molecule has 2 rings (SSSR count). The number of aryl methyl sites for hydroxylation is 1. The monoisotopic (exact) mass is 280 g/mol. The maximum Gasteiger partial charge on any atom is 0.154 e. The first kappa shape index (κ1) is 13.2. The minimum atomic E-state index is 0.422. The van der Waals surface area contributed by atoms with Crippen LogP contribution in [0.25, 0.3) is 0 Å². The summed E-state index contributed by atoms with van der Waals surface area (Å²) in [6, 6.07) is 12.1. The van der Waals surface area contributed by atoms with Crippen LogP contribution in [0.1, 0.15) is 11.1 Å². The van der Waals surface area contributed by atoms with E-state index in [2.05, 4.69) is 22.4 Å². The molecule has 0 aliphatic rings. The number of rotatable bonds is 4. The number of aromatic nitrogens is 1. The topological polar surface area (TPSA) is 24.9 Å². The van der Waals surface area contributed by atoms with Gasteiger partial charge in [0, 0.05) is 6.54 Å². The lowest BCUT2D eigenvalue weighted by Crippen LogP contribution is -2.07. The van der Waals surface area contributed by atoms with Gasteiger partial charge in [-0.25, -0.2) is 4.98 Å². The molecule has 1 N–H and O–H groups in total. The molecule has 18 heavy (non-hydrogen) atoms. The van der Waals surface area contributed by atoms with Crippen molar-refractivity contribution in [2.45, 2.75) is 13.3 Å². The maximum absolute atomic E-state index is 6.06. The van der Waals surface area contributed by atoms with Crippen molar-refractivity contribution in [3.63, 3.8) is 0 Å². The second-order valence-electron chi connectivity index (χ2n) is 4.09. The number of hydrogen-bond donors (Lipinski definition) is 1. The van der Waals surface area contributed by atoms with E-state index in [9.17, 15) is 0 Å². The summed E-state index contributed by atoms with van der Waals surface area (Å²) in [5.74, 6) is 0. The summed E-state index contributed by atoms with van der Waals surface area (Å²) in [5, 5.41) is 4.15. The molecular formula is C14H14Cl2N2. The molecule has 0 aliphatic carbocycles. The molecule has 0 aliphatic heterocycles. The van der Waals surface area contributed by atoms with E-state index in [1.54, 1.807) is 6.07 Å². The van der Waals surface area contributed by atoms with E-state index in [-0.39, 0.29) is 0 Å². The molecule has 0 atom stereocenters. The van der Waals surface area contributed by atoms with E-state index in [1.165, 1.54) is 5.56 Å². The van der Waals surface area contributed by atoms with Crippen molar-refractivity contribution in [1.82, 2.24) is 4.98 Å². The first-order valence-corrected chi connectivity index (χ1v) is 6.53. The molecule has 4 heteroatoms. The van der Waals surface area contributed by atoms with Crippen LogP contribution in [0.4, 0.5) is 5.69 Å². The van der Waals surface area contributed by atoms with Gasteiger partial charge in [0.2, 0.25) is 0 Å². The van der Waals surface area contributed by atoms with Crippen LogP contribution in [-0.4, -0.2) is 11.5 Å². The van der Waals surface area contributed by atoms with Crippen LogP contribution in [0.2, 0.25) is 10.3 Å². The van der Waals surface area contributed by atoms with Crippen molar-refractivity contribution in [2.75, 3.05) is 11.9 Å². The van der Waals surface area contributed by atoms with Crippen molar-refractivity contribution < 1.29 is 0 Å². The van der Waals surface area contributed by atoms with Crippen LogP contribution in [0.3, 0.4) is 0 Å². The Hall–Kier alpha value is -1.25. The molecule has 0 spiro atoms. The number of anilines is 1. The number of nitrogens with one attached hydrogen (secondary N) is 1. The normalized spacial score (nSPS) is 10.4. The van der Waals surface area contributed by atoms with Crippen LogP contribution < -0.4 is 5.32 Å². The van der Waals surface area contributed by atoms with E-state index < -0.39 is 0 Å². The third-order valence-electron chi connectivity index (χ3n) is 2.70. The fourth-order valence-corrected chi connectivity index (χ4v) is 2.38. The van der Waals surface area contributed by atoms with E-state index in [4.69, 9.17) is 23.2 Å². The number of pyridine rings is 1. The van der Waals surface area contributed by atoms with Gasteiger partial charge in [0.25, 0.3) is 0 Å². The van der Waals surface area contributed by atoms with Gasteiger partial charge in [0.05, 0.1) is 5.69 Å². The molecule has 0 unspecified atom stereocenters. The standard InChI is InChI=1S/C14H14Cl2N2/c1-10-9-12(15)18-14(16)13(10)17-8-7-11-5-3-2-4-6-11/h2-6,9,17H,7-8H2,1H3. The average molecular weight is 281 g/mol. The molecule has 0 radical (unpaired) electrons. The zero-order valence-corrected chi connectivity index (χ0v) is 11.6.